The molecular weight excluding hydrogens is 477 g/mol. The number of nitrogens with one attached hydrogen (secondary N) is 1. The lowest BCUT2D eigenvalue weighted by molar-refractivity contribution is -0.141. The summed E-state index contributed by atoms with van der Waals surface area (Å²) in [7, 11) is 1.37. The van der Waals surface area contributed by atoms with Crippen molar-refractivity contribution in [2.75, 3.05) is 20.3 Å². The Bertz CT molecular complexity index is 1320. The standard InChI is InChI=1S/C29H28FNO6/c1-3-31-29(33)17-4-6-19(7-5-17)36-24-13-11-23(30)28-22(24)10-12-25(28)37-20-8-9-21-18(14-27(32)34-2)16-35-26(21)15-20/h4-9,11,13,15,18,25H,3,10,12,14,16H2,1-2H3,(H,31,33)/t18?,25-/m1/s1. The van der Waals surface area contributed by atoms with Crippen LogP contribution in [0.2, 0.25) is 0 Å². The smallest absolute Gasteiger partial charge is 0.306 e. The number of halogens is 1. The van der Waals surface area contributed by atoms with Gasteiger partial charge in [-0.3, -0.25) is 9.59 Å². The molecule has 0 fully saturated rings. The monoisotopic (exact) mass is 505 g/mol. The van der Waals surface area contributed by atoms with Crippen molar-refractivity contribution in [3.05, 3.63) is 82.7 Å². The van der Waals surface area contributed by atoms with Gasteiger partial charge in [0.05, 0.1) is 20.1 Å². The third-order valence-electron chi connectivity index (χ3n) is 6.70. The Kier molecular flexibility index (Phi) is 6.99. The lowest BCUT2D eigenvalue weighted by Crippen LogP contribution is -2.22. The predicted octanol–water partition coefficient (Wildman–Crippen LogP) is 5.47. The zero-order chi connectivity index (χ0) is 25.9. The molecule has 8 heteroatoms. The Morgan fingerprint density at radius 3 is 2.62 bits per heavy atom. The summed E-state index contributed by atoms with van der Waals surface area (Å²) < 4.78 is 37.8. The molecule has 5 rings (SSSR count). The summed E-state index contributed by atoms with van der Waals surface area (Å²) in [5.41, 5.74) is 2.74. The highest BCUT2D eigenvalue weighted by Gasteiger charge is 2.32. The molecule has 0 saturated carbocycles. The highest BCUT2D eigenvalue weighted by molar-refractivity contribution is 5.94. The van der Waals surface area contributed by atoms with Crippen LogP contribution in [0.4, 0.5) is 4.39 Å². The van der Waals surface area contributed by atoms with Crippen molar-refractivity contribution in [2.45, 2.75) is 38.2 Å². The van der Waals surface area contributed by atoms with E-state index in [0.717, 1.165) is 11.1 Å². The minimum Gasteiger partial charge on any atom is -0.492 e. The van der Waals surface area contributed by atoms with Gasteiger partial charge in [0.2, 0.25) is 0 Å². The first-order chi connectivity index (χ1) is 18.0. The Morgan fingerprint density at radius 1 is 1.08 bits per heavy atom. The van der Waals surface area contributed by atoms with E-state index in [1.165, 1.54) is 13.2 Å². The van der Waals surface area contributed by atoms with Crippen LogP contribution in [0.5, 0.6) is 23.0 Å². The predicted molar refractivity (Wildman–Crippen MR) is 134 cm³/mol. The second kappa shape index (κ2) is 10.5. The number of carbonyl (C=O) groups is 2. The van der Waals surface area contributed by atoms with Crippen LogP contribution in [0.15, 0.2) is 54.6 Å². The van der Waals surface area contributed by atoms with Crippen molar-refractivity contribution < 1.29 is 32.9 Å². The van der Waals surface area contributed by atoms with Crippen LogP contribution < -0.4 is 19.5 Å². The number of ether oxygens (including phenoxy) is 4. The molecular formula is C29H28FNO6. The molecule has 0 bridgehead atoms. The molecule has 3 aromatic carbocycles. The lowest BCUT2D eigenvalue weighted by atomic mass is 9.98. The topological polar surface area (TPSA) is 83.1 Å². The van der Waals surface area contributed by atoms with Crippen LogP contribution in [0.1, 0.15) is 58.8 Å². The molecule has 1 N–H and O–H groups in total. The van der Waals surface area contributed by atoms with Crippen LogP contribution in [-0.4, -0.2) is 32.1 Å². The van der Waals surface area contributed by atoms with Gasteiger partial charge in [-0.1, -0.05) is 6.07 Å². The summed E-state index contributed by atoms with van der Waals surface area (Å²) in [6.07, 6.45) is 0.991. The van der Waals surface area contributed by atoms with E-state index < -0.39 is 6.10 Å². The molecule has 37 heavy (non-hydrogen) atoms. The van der Waals surface area contributed by atoms with Gasteiger partial charge in [0, 0.05) is 40.8 Å². The zero-order valence-corrected chi connectivity index (χ0v) is 20.7. The largest absolute Gasteiger partial charge is 0.492 e. The minimum atomic E-state index is -0.469. The Hall–Kier alpha value is -4.07. The molecule has 2 aliphatic rings. The maximum absolute atomic E-state index is 15.0. The SMILES string of the molecule is CCNC(=O)c1ccc(Oc2ccc(F)c3c2CC[C@H]3Oc2ccc3c(c2)OCC3CC(=O)OC)cc1. The van der Waals surface area contributed by atoms with Crippen molar-refractivity contribution in [1.82, 2.24) is 5.32 Å². The summed E-state index contributed by atoms with van der Waals surface area (Å²) in [5.74, 6) is 1.53. The second-order valence-electron chi connectivity index (χ2n) is 9.06. The fourth-order valence-electron chi connectivity index (χ4n) is 4.87. The molecule has 1 amide bonds. The molecule has 2 atom stereocenters. The summed E-state index contributed by atoms with van der Waals surface area (Å²) in [5, 5.41) is 2.76. The quantitative estimate of drug-likeness (QED) is 0.409. The average Bonchev–Trinajstić information content (AvgIpc) is 3.51. The molecule has 7 nitrogen and oxygen atoms in total. The van der Waals surface area contributed by atoms with E-state index in [1.54, 1.807) is 36.4 Å². The number of esters is 1. The fourth-order valence-corrected chi connectivity index (χ4v) is 4.87. The molecule has 3 aromatic rings. The number of benzene rings is 3. The molecule has 0 radical (unpaired) electrons. The summed E-state index contributed by atoms with van der Waals surface area (Å²) in [6, 6.07) is 15.4. The third-order valence-corrected chi connectivity index (χ3v) is 6.70. The highest BCUT2D eigenvalue weighted by Crippen LogP contribution is 2.44. The number of fused-ring (bicyclic) bond motifs is 2. The van der Waals surface area contributed by atoms with Crippen molar-refractivity contribution >= 4 is 11.9 Å². The van der Waals surface area contributed by atoms with Gasteiger partial charge in [-0.2, -0.15) is 0 Å². The van der Waals surface area contributed by atoms with Gasteiger partial charge >= 0.3 is 5.97 Å². The van der Waals surface area contributed by atoms with E-state index in [9.17, 15) is 14.0 Å². The van der Waals surface area contributed by atoms with Crippen molar-refractivity contribution in [2.24, 2.45) is 0 Å². The van der Waals surface area contributed by atoms with Gasteiger partial charge in [-0.05, 0) is 62.2 Å². The van der Waals surface area contributed by atoms with Crippen LogP contribution in [0.25, 0.3) is 0 Å². The van der Waals surface area contributed by atoms with Crippen molar-refractivity contribution in [1.29, 1.82) is 0 Å². The number of hydrogen-bond acceptors (Lipinski definition) is 6. The molecule has 192 valence electrons. The van der Waals surface area contributed by atoms with Crippen LogP contribution in [-0.2, 0) is 16.0 Å². The third kappa shape index (κ3) is 5.09. The molecule has 0 saturated heterocycles. The Morgan fingerprint density at radius 2 is 1.86 bits per heavy atom. The van der Waals surface area contributed by atoms with Gasteiger partial charge in [0.15, 0.2) is 0 Å². The first-order valence-corrected chi connectivity index (χ1v) is 12.3. The Balaban J connectivity index is 1.31. The summed E-state index contributed by atoms with van der Waals surface area (Å²) in [4.78, 5) is 23.7. The van der Waals surface area contributed by atoms with Crippen LogP contribution >= 0.6 is 0 Å². The zero-order valence-electron chi connectivity index (χ0n) is 20.7. The number of rotatable bonds is 8. The number of carbonyl (C=O) groups excluding carboxylic acids is 2. The van der Waals surface area contributed by atoms with Gasteiger partial charge in [-0.25, -0.2) is 4.39 Å². The number of hydrogen-bond donors (Lipinski definition) is 1. The summed E-state index contributed by atoms with van der Waals surface area (Å²) >= 11 is 0. The van der Waals surface area contributed by atoms with Crippen LogP contribution in [0, 0.1) is 5.82 Å². The van der Waals surface area contributed by atoms with Crippen molar-refractivity contribution in [3.8, 4) is 23.0 Å². The maximum atomic E-state index is 15.0. The van der Waals surface area contributed by atoms with E-state index in [-0.39, 0.29) is 30.0 Å². The van der Waals surface area contributed by atoms with Gasteiger partial charge < -0.3 is 24.3 Å². The molecule has 1 aliphatic heterocycles. The van der Waals surface area contributed by atoms with Gasteiger partial charge in [0.1, 0.15) is 34.9 Å². The van der Waals surface area contributed by atoms with Crippen molar-refractivity contribution in [3.63, 3.8) is 0 Å². The maximum Gasteiger partial charge on any atom is 0.306 e. The second-order valence-corrected chi connectivity index (χ2v) is 9.06. The molecule has 0 aromatic heterocycles. The molecule has 0 spiro atoms. The summed E-state index contributed by atoms with van der Waals surface area (Å²) in [6.45, 7) is 2.82. The highest BCUT2D eigenvalue weighted by atomic mass is 19.1. The van der Waals surface area contributed by atoms with Crippen LogP contribution in [0.3, 0.4) is 0 Å². The van der Waals surface area contributed by atoms with E-state index in [2.05, 4.69) is 5.32 Å². The molecule has 1 heterocycles. The lowest BCUT2D eigenvalue weighted by Gasteiger charge is -2.17. The molecule has 1 aliphatic carbocycles. The minimum absolute atomic E-state index is 0.0593. The van der Waals surface area contributed by atoms with Gasteiger partial charge in [-0.15, -0.1) is 0 Å². The number of amides is 1. The first-order valence-electron chi connectivity index (χ1n) is 12.3. The average molecular weight is 506 g/mol. The van der Waals surface area contributed by atoms with E-state index in [4.69, 9.17) is 18.9 Å². The number of methoxy groups -OCH3 is 1. The fraction of sp³-hybridized carbons (Fsp3) is 0.310. The van der Waals surface area contributed by atoms with E-state index in [1.807, 2.05) is 19.1 Å². The normalized spacial score (nSPS) is 17.4. The van der Waals surface area contributed by atoms with E-state index in [0.29, 0.717) is 60.1 Å². The Labute approximate surface area is 214 Å². The first kappa shape index (κ1) is 24.6. The van der Waals surface area contributed by atoms with E-state index >= 15 is 0 Å². The molecule has 1 unspecified atom stereocenters. The van der Waals surface area contributed by atoms with Gasteiger partial charge in [0.25, 0.3) is 5.91 Å².